The molecule has 0 saturated heterocycles. The van der Waals surface area contributed by atoms with E-state index in [1.807, 2.05) is 121 Å². The number of aromatic nitrogens is 6. The average Bonchev–Trinajstić information content (AvgIpc) is 3.32. The molecule has 6 heterocycles. The highest BCUT2D eigenvalue weighted by Gasteiger charge is 2.29. The number of nitrogens with zero attached hydrogens (tertiary/aromatic N) is 8. The van der Waals surface area contributed by atoms with E-state index in [1.165, 1.54) is 0 Å². The van der Waals surface area contributed by atoms with Crippen LogP contribution in [0.2, 0.25) is 0 Å². The lowest BCUT2D eigenvalue weighted by Crippen LogP contribution is -2.04. The second-order valence-electron chi connectivity index (χ2n) is 13.5. The van der Waals surface area contributed by atoms with Crippen molar-refractivity contribution in [1.82, 2.24) is 29.9 Å². The van der Waals surface area contributed by atoms with E-state index in [2.05, 4.69) is 32.1 Å². The molecule has 0 aliphatic heterocycles. The monoisotopic (exact) mass is 742 g/mol. The number of rotatable bonds is 8. The fraction of sp³-hybridized carbons (Fsp3) is 0. The van der Waals surface area contributed by atoms with Crippen LogP contribution in [0.15, 0.2) is 183 Å². The second-order valence-corrected chi connectivity index (χ2v) is 13.5. The first-order valence-electron chi connectivity index (χ1n) is 18.5. The topological polar surface area (TPSA) is 125 Å². The van der Waals surface area contributed by atoms with Gasteiger partial charge in [-0.15, -0.1) is 0 Å². The van der Waals surface area contributed by atoms with Gasteiger partial charge in [-0.05, 0) is 59.7 Å². The number of benzene rings is 3. The molecule has 0 amide bonds. The third kappa shape index (κ3) is 6.75. The van der Waals surface area contributed by atoms with E-state index in [0.29, 0.717) is 55.6 Å². The van der Waals surface area contributed by atoms with Crippen LogP contribution < -0.4 is 0 Å². The van der Waals surface area contributed by atoms with E-state index in [4.69, 9.17) is 9.97 Å². The highest BCUT2D eigenvalue weighted by molar-refractivity contribution is 6.05. The van der Waals surface area contributed by atoms with Gasteiger partial charge in [-0.25, -0.2) is 0 Å². The summed E-state index contributed by atoms with van der Waals surface area (Å²) in [6.07, 6.45) is 17.5. The fourth-order valence-electron chi connectivity index (χ4n) is 7.36. The molecule has 3 aromatic carbocycles. The minimum Gasteiger partial charge on any atom is -0.263 e. The van der Waals surface area contributed by atoms with E-state index in [9.17, 15) is 10.5 Å². The summed E-state index contributed by atoms with van der Waals surface area (Å²) in [4.78, 5) is 27.9. The SMILES string of the molecule is N#Cc1c(-c2cncc(-c3ccccc3)c2)c(-c2cncc(-c3ccccc3)c2)c(C#N)c(-c2cncc(-c3ccccn3)c2)c1-c1cncc(-c2ccccn2)c1. The lowest BCUT2D eigenvalue weighted by atomic mass is 9.78. The van der Waals surface area contributed by atoms with Crippen LogP contribution in [0, 0.1) is 22.7 Å². The van der Waals surface area contributed by atoms with Crippen molar-refractivity contribution < 1.29 is 0 Å². The minimum atomic E-state index is 0.337. The Hall–Kier alpha value is -8.46. The molecule has 6 aromatic heterocycles. The van der Waals surface area contributed by atoms with Gasteiger partial charge in [0.25, 0.3) is 0 Å². The van der Waals surface area contributed by atoms with E-state index >= 15 is 0 Å². The molecule has 0 fully saturated rings. The van der Waals surface area contributed by atoms with Crippen molar-refractivity contribution in [1.29, 1.82) is 10.5 Å². The van der Waals surface area contributed by atoms with Gasteiger partial charge < -0.3 is 0 Å². The van der Waals surface area contributed by atoms with Gasteiger partial charge in [-0.3, -0.25) is 29.9 Å². The molecule has 9 rings (SSSR count). The smallest absolute Gasteiger partial charge is 0.100 e. The maximum atomic E-state index is 11.5. The van der Waals surface area contributed by atoms with Gasteiger partial charge in [-0.2, -0.15) is 10.5 Å². The van der Waals surface area contributed by atoms with Gasteiger partial charge in [0.15, 0.2) is 0 Å². The maximum Gasteiger partial charge on any atom is 0.100 e. The zero-order valence-corrected chi connectivity index (χ0v) is 30.9. The summed E-state index contributed by atoms with van der Waals surface area (Å²) in [5, 5.41) is 23.1. The van der Waals surface area contributed by atoms with Crippen molar-refractivity contribution in [3.8, 4) is 101 Å². The second kappa shape index (κ2) is 15.7. The first-order chi connectivity index (χ1) is 28.7. The van der Waals surface area contributed by atoms with Crippen molar-refractivity contribution in [3.63, 3.8) is 0 Å². The molecular formula is C50H30N8. The Morgan fingerprint density at radius 1 is 0.310 bits per heavy atom. The summed E-state index contributed by atoms with van der Waals surface area (Å²) in [6.45, 7) is 0. The Kier molecular flexibility index (Phi) is 9.55. The van der Waals surface area contributed by atoms with Crippen molar-refractivity contribution in [2.75, 3.05) is 0 Å². The number of hydrogen-bond donors (Lipinski definition) is 0. The summed E-state index contributed by atoms with van der Waals surface area (Å²) in [5.41, 5.74) is 12.0. The van der Waals surface area contributed by atoms with Gasteiger partial charge >= 0.3 is 0 Å². The van der Waals surface area contributed by atoms with Crippen molar-refractivity contribution in [3.05, 3.63) is 194 Å². The summed E-state index contributed by atoms with van der Waals surface area (Å²) in [6, 6.07) is 44.5. The molecule has 0 bridgehead atoms. The number of nitriles is 2. The summed E-state index contributed by atoms with van der Waals surface area (Å²) >= 11 is 0. The summed E-state index contributed by atoms with van der Waals surface area (Å²) in [7, 11) is 0. The first kappa shape index (κ1) is 35.3. The molecule has 0 saturated carbocycles. The molecule has 0 unspecified atom stereocenters. The molecule has 9 aromatic rings. The molecule has 0 spiro atoms. The van der Waals surface area contributed by atoms with E-state index in [-0.39, 0.29) is 0 Å². The normalized spacial score (nSPS) is 10.7. The predicted molar refractivity (Wildman–Crippen MR) is 226 cm³/mol. The molecule has 0 N–H and O–H groups in total. The largest absolute Gasteiger partial charge is 0.263 e. The van der Waals surface area contributed by atoms with Crippen LogP contribution in [0.3, 0.4) is 0 Å². The van der Waals surface area contributed by atoms with Crippen LogP contribution in [0.5, 0.6) is 0 Å². The van der Waals surface area contributed by atoms with Crippen LogP contribution in [-0.4, -0.2) is 29.9 Å². The first-order valence-corrected chi connectivity index (χ1v) is 18.5. The lowest BCUT2D eigenvalue weighted by molar-refractivity contribution is 1.27. The molecule has 8 nitrogen and oxygen atoms in total. The molecule has 0 aliphatic rings. The Morgan fingerprint density at radius 3 is 0.948 bits per heavy atom. The predicted octanol–water partition coefficient (Wildman–Crippen LogP) is 11.1. The van der Waals surface area contributed by atoms with Crippen LogP contribution in [0.25, 0.3) is 89.3 Å². The minimum absolute atomic E-state index is 0.337. The summed E-state index contributed by atoms with van der Waals surface area (Å²) in [5.74, 6) is 0. The van der Waals surface area contributed by atoms with Crippen LogP contribution >= 0.6 is 0 Å². The molecular weight excluding hydrogens is 713 g/mol. The van der Waals surface area contributed by atoms with Crippen molar-refractivity contribution in [2.24, 2.45) is 0 Å². The molecule has 270 valence electrons. The van der Waals surface area contributed by atoms with E-state index in [0.717, 1.165) is 44.8 Å². The zero-order chi connectivity index (χ0) is 39.3. The number of pyridine rings is 6. The Morgan fingerprint density at radius 2 is 0.621 bits per heavy atom. The van der Waals surface area contributed by atoms with Crippen molar-refractivity contribution in [2.45, 2.75) is 0 Å². The molecule has 0 atom stereocenters. The highest BCUT2D eigenvalue weighted by atomic mass is 14.7. The maximum absolute atomic E-state index is 11.5. The van der Waals surface area contributed by atoms with E-state index in [1.54, 1.807) is 62.0 Å². The van der Waals surface area contributed by atoms with Crippen LogP contribution in [-0.2, 0) is 0 Å². The molecule has 8 heteroatoms. The summed E-state index contributed by atoms with van der Waals surface area (Å²) < 4.78 is 0. The standard InChI is InChI=1S/C50H30N8/c51-23-43-47(39-19-35(25-53-29-39)33-11-3-1-4-12-33)48(40-20-36(26-54-30-40)34-13-5-2-6-14-34)44(24-52)50(42-22-38(28-56-32-42)46-16-8-10-18-58-46)49(43)41-21-37(27-55-31-41)45-15-7-9-17-57-45/h1-22,25-32H. The van der Waals surface area contributed by atoms with Crippen LogP contribution in [0.1, 0.15) is 11.1 Å². The Balaban J connectivity index is 1.43. The van der Waals surface area contributed by atoms with Gasteiger partial charge in [0.05, 0.1) is 22.5 Å². The van der Waals surface area contributed by atoms with E-state index < -0.39 is 0 Å². The fourth-order valence-corrected chi connectivity index (χ4v) is 7.36. The highest BCUT2D eigenvalue weighted by Crippen LogP contribution is 2.49. The van der Waals surface area contributed by atoms with Gasteiger partial charge in [0.2, 0.25) is 0 Å². The molecule has 58 heavy (non-hydrogen) atoms. The van der Waals surface area contributed by atoms with Crippen molar-refractivity contribution >= 4 is 0 Å². The number of hydrogen-bond acceptors (Lipinski definition) is 8. The zero-order valence-electron chi connectivity index (χ0n) is 30.9. The Bertz CT molecular complexity index is 2610. The van der Waals surface area contributed by atoms with Gasteiger partial charge in [0.1, 0.15) is 12.1 Å². The lowest BCUT2D eigenvalue weighted by Gasteiger charge is -2.23. The molecule has 0 radical (unpaired) electrons. The van der Waals surface area contributed by atoms with Crippen LogP contribution in [0.4, 0.5) is 0 Å². The Labute approximate surface area is 335 Å². The van der Waals surface area contributed by atoms with Gasteiger partial charge in [0, 0.05) is 129 Å². The quantitative estimate of drug-likeness (QED) is 0.151. The average molecular weight is 743 g/mol. The third-order valence-electron chi connectivity index (χ3n) is 9.97. The molecule has 0 aliphatic carbocycles. The van der Waals surface area contributed by atoms with Gasteiger partial charge in [-0.1, -0.05) is 72.8 Å². The third-order valence-corrected chi connectivity index (χ3v) is 9.97.